The highest BCUT2D eigenvalue weighted by molar-refractivity contribution is 5.76. The minimum atomic E-state index is 0. The highest BCUT2D eigenvalue weighted by Gasteiger charge is 2.29. The van der Waals surface area contributed by atoms with Gasteiger partial charge < -0.3 is 26.4 Å². The number of rotatable bonds is 8. The standard InChI is InChI=1S/C16H31N2O.BrH/c1-4-6-7-8-9-10-16(19)17-11-14-18(3,13-5-2)15-12-17;/h5H,2,4,6-15H2,1,3H3;1H/q+1;/p-1. The number of amides is 1. The van der Waals surface area contributed by atoms with Gasteiger partial charge in [-0.15, -0.1) is 0 Å². The first kappa shape index (κ1) is 19.7. The van der Waals surface area contributed by atoms with Crippen molar-refractivity contribution in [3.8, 4) is 0 Å². The van der Waals surface area contributed by atoms with E-state index in [0.717, 1.165) is 50.0 Å². The Morgan fingerprint density at radius 2 is 1.80 bits per heavy atom. The molecule has 3 nitrogen and oxygen atoms in total. The lowest BCUT2D eigenvalue weighted by atomic mass is 10.1. The van der Waals surface area contributed by atoms with Crippen LogP contribution in [0.3, 0.4) is 0 Å². The van der Waals surface area contributed by atoms with E-state index in [1.807, 2.05) is 6.08 Å². The number of halogens is 1. The first-order valence-electron chi connectivity index (χ1n) is 7.83. The van der Waals surface area contributed by atoms with Gasteiger partial charge in [-0.05, 0) is 12.5 Å². The van der Waals surface area contributed by atoms with Crippen LogP contribution in [0.2, 0.25) is 0 Å². The first-order chi connectivity index (χ1) is 9.11. The number of nitrogens with zero attached hydrogens (tertiary/aromatic N) is 2. The minimum Gasteiger partial charge on any atom is -1.00 e. The Morgan fingerprint density at radius 3 is 2.35 bits per heavy atom. The largest absolute Gasteiger partial charge is 1.00 e. The monoisotopic (exact) mass is 346 g/mol. The summed E-state index contributed by atoms with van der Waals surface area (Å²) in [5, 5.41) is 0. The van der Waals surface area contributed by atoms with Gasteiger partial charge in [0.25, 0.3) is 0 Å². The van der Waals surface area contributed by atoms with Gasteiger partial charge in [-0.1, -0.05) is 39.2 Å². The van der Waals surface area contributed by atoms with Crippen molar-refractivity contribution in [3.63, 3.8) is 0 Å². The summed E-state index contributed by atoms with van der Waals surface area (Å²) in [7, 11) is 2.26. The molecule has 1 amide bonds. The molecule has 0 N–H and O–H groups in total. The van der Waals surface area contributed by atoms with Crippen LogP contribution in [0.5, 0.6) is 0 Å². The van der Waals surface area contributed by atoms with Crippen molar-refractivity contribution in [1.82, 2.24) is 4.90 Å². The Kier molecular flexibility index (Phi) is 10.2. The zero-order valence-corrected chi connectivity index (χ0v) is 14.8. The lowest BCUT2D eigenvalue weighted by molar-refractivity contribution is -0.907. The van der Waals surface area contributed by atoms with Gasteiger partial charge in [0.05, 0.1) is 39.8 Å². The summed E-state index contributed by atoms with van der Waals surface area (Å²) in [5.74, 6) is 0.362. The molecule has 4 heteroatoms. The number of carbonyl (C=O) groups excluding carboxylic acids is 1. The number of unbranched alkanes of at least 4 members (excludes halogenated alkanes) is 4. The number of hydrogen-bond acceptors (Lipinski definition) is 1. The van der Waals surface area contributed by atoms with Gasteiger partial charge in [0.2, 0.25) is 5.91 Å². The Balaban J connectivity index is 0.00000361. The molecule has 1 aliphatic rings. The molecule has 1 aliphatic heterocycles. The number of likely N-dealkylation sites (N-methyl/N-ethyl adjacent to an activating group) is 1. The van der Waals surface area contributed by atoms with E-state index in [9.17, 15) is 4.79 Å². The molecule has 0 aromatic heterocycles. The smallest absolute Gasteiger partial charge is 0.222 e. The van der Waals surface area contributed by atoms with Crippen LogP contribution in [-0.4, -0.2) is 55.1 Å². The van der Waals surface area contributed by atoms with E-state index in [1.165, 1.54) is 25.7 Å². The van der Waals surface area contributed by atoms with Crippen LogP contribution in [0.4, 0.5) is 0 Å². The molecule has 1 fully saturated rings. The van der Waals surface area contributed by atoms with E-state index >= 15 is 0 Å². The molecule has 0 atom stereocenters. The van der Waals surface area contributed by atoms with E-state index in [2.05, 4.69) is 25.5 Å². The van der Waals surface area contributed by atoms with E-state index < -0.39 is 0 Å². The van der Waals surface area contributed by atoms with Gasteiger partial charge in [-0.2, -0.15) is 0 Å². The topological polar surface area (TPSA) is 20.3 Å². The zero-order chi connectivity index (χ0) is 14.1. The number of quaternary nitrogens is 1. The van der Waals surface area contributed by atoms with Gasteiger partial charge in [0.15, 0.2) is 0 Å². The van der Waals surface area contributed by atoms with Crippen LogP contribution in [0.15, 0.2) is 12.7 Å². The van der Waals surface area contributed by atoms with Gasteiger partial charge in [-0.25, -0.2) is 0 Å². The average Bonchev–Trinajstić information content (AvgIpc) is 2.39. The Labute approximate surface area is 135 Å². The van der Waals surface area contributed by atoms with Crippen molar-refractivity contribution in [1.29, 1.82) is 0 Å². The number of piperazine rings is 1. The maximum atomic E-state index is 12.1. The minimum absolute atomic E-state index is 0. The Hall–Kier alpha value is -0.350. The fourth-order valence-corrected chi connectivity index (χ4v) is 2.73. The molecule has 0 bridgehead atoms. The van der Waals surface area contributed by atoms with Crippen molar-refractivity contribution in [2.75, 3.05) is 39.8 Å². The van der Waals surface area contributed by atoms with Crippen LogP contribution >= 0.6 is 0 Å². The molecule has 118 valence electrons. The zero-order valence-electron chi connectivity index (χ0n) is 13.2. The van der Waals surface area contributed by atoms with Gasteiger partial charge in [0.1, 0.15) is 0 Å². The third-order valence-electron chi connectivity index (χ3n) is 4.24. The molecular weight excluding hydrogens is 316 g/mol. The Bertz CT molecular complexity index is 286. The average molecular weight is 347 g/mol. The third kappa shape index (κ3) is 6.89. The van der Waals surface area contributed by atoms with Crippen molar-refractivity contribution in [3.05, 3.63) is 12.7 Å². The normalized spacial score (nSPS) is 17.4. The summed E-state index contributed by atoms with van der Waals surface area (Å²) in [6.07, 6.45) is 8.85. The molecule has 1 saturated heterocycles. The second-order valence-electron chi connectivity index (χ2n) is 6.08. The van der Waals surface area contributed by atoms with Crippen LogP contribution < -0.4 is 17.0 Å². The molecule has 0 aliphatic carbocycles. The summed E-state index contributed by atoms with van der Waals surface area (Å²) in [4.78, 5) is 14.2. The van der Waals surface area contributed by atoms with Crippen molar-refractivity contribution in [2.45, 2.75) is 45.4 Å². The molecule has 1 heterocycles. The highest BCUT2D eigenvalue weighted by atomic mass is 79.9. The number of hydrogen-bond donors (Lipinski definition) is 0. The van der Waals surface area contributed by atoms with E-state index in [4.69, 9.17) is 0 Å². The molecule has 0 radical (unpaired) electrons. The SMILES string of the molecule is C=CC[N+]1(C)CCN(C(=O)CCCCCCC)CC1.[Br-]. The van der Waals surface area contributed by atoms with Crippen LogP contribution in [0, 0.1) is 0 Å². The maximum absolute atomic E-state index is 12.1. The van der Waals surface area contributed by atoms with Crippen molar-refractivity contribution >= 4 is 5.91 Å². The summed E-state index contributed by atoms with van der Waals surface area (Å²) >= 11 is 0. The quantitative estimate of drug-likeness (QED) is 0.339. The molecule has 0 spiro atoms. The van der Waals surface area contributed by atoms with E-state index in [1.54, 1.807) is 0 Å². The Morgan fingerprint density at radius 1 is 1.20 bits per heavy atom. The predicted molar refractivity (Wildman–Crippen MR) is 80.9 cm³/mol. The lowest BCUT2D eigenvalue weighted by Gasteiger charge is -2.41. The summed E-state index contributed by atoms with van der Waals surface area (Å²) in [6.45, 7) is 11.0. The van der Waals surface area contributed by atoms with Gasteiger partial charge in [-0.3, -0.25) is 4.79 Å². The van der Waals surface area contributed by atoms with E-state index in [0.29, 0.717) is 5.91 Å². The second-order valence-corrected chi connectivity index (χ2v) is 6.08. The first-order valence-corrected chi connectivity index (χ1v) is 7.83. The fourth-order valence-electron chi connectivity index (χ4n) is 2.73. The van der Waals surface area contributed by atoms with Crippen LogP contribution in [0.1, 0.15) is 45.4 Å². The molecule has 0 unspecified atom stereocenters. The summed E-state index contributed by atoms with van der Waals surface area (Å²) in [6, 6.07) is 0. The molecule has 20 heavy (non-hydrogen) atoms. The summed E-state index contributed by atoms with van der Waals surface area (Å²) in [5.41, 5.74) is 0. The van der Waals surface area contributed by atoms with Crippen molar-refractivity contribution < 1.29 is 26.3 Å². The summed E-state index contributed by atoms with van der Waals surface area (Å²) < 4.78 is 1.03. The van der Waals surface area contributed by atoms with Gasteiger partial charge in [0, 0.05) is 6.42 Å². The fraction of sp³-hybridized carbons (Fsp3) is 0.812. The molecule has 0 aromatic rings. The lowest BCUT2D eigenvalue weighted by Crippen LogP contribution is -3.00. The molecular formula is C16H31BrN2O. The third-order valence-corrected chi connectivity index (χ3v) is 4.24. The van der Waals surface area contributed by atoms with Gasteiger partial charge >= 0.3 is 0 Å². The van der Waals surface area contributed by atoms with Crippen LogP contribution in [0.25, 0.3) is 0 Å². The molecule has 0 aromatic carbocycles. The molecule has 0 saturated carbocycles. The predicted octanol–water partition coefficient (Wildman–Crippen LogP) is -0.174. The van der Waals surface area contributed by atoms with Crippen molar-refractivity contribution in [2.24, 2.45) is 0 Å². The van der Waals surface area contributed by atoms with Crippen LogP contribution in [-0.2, 0) is 4.79 Å². The highest BCUT2D eigenvalue weighted by Crippen LogP contribution is 2.13. The second kappa shape index (κ2) is 10.4. The maximum Gasteiger partial charge on any atom is 0.222 e. The number of carbonyl (C=O) groups is 1. The van der Waals surface area contributed by atoms with E-state index in [-0.39, 0.29) is 17.0 Å². The molecule has 1 rings (SSSR count).